The average molecular weight is 408 g/mol. The fraction of sp³-hybridized carbons (Fsp3) is 0.304. The molecule has 156 valence electrons. The van der Waals surface area contributed by atoms with E-state index in [4.69, 9.17) is 9.72 Å². The second kappa shape index (κ2) is 9.09. The number of nitrogens with one attached hydrogen (secondary N) is 1. The van der Waals surface area contributed by atoms with Crippen LogP contribution in [0.15, 0.2) is 59.4 Å². The highest BCUT2D eigenvalue weighted by atomic mass is 19.1. The molecule has 3 aromatic rings. The average Bonchev–Trinajstić information content (AvgIpc) is 2.77. The highest BCUT2D eigenvalue weighted by Crippen LogP contribution is 2.19. The molecule has 1 saturated heterocycles. The zero-order valence-electron chi connectivity index (χ0n) is 17.0. The summed E-state index contributed by atoms with van der Waals surface area (Å²) in [7, 11) is 1.61. The quantitative estimate of drug-likeness (QED) is 0.680. The van der Waals surface area contributed by atoms with Gasteiger partial charge >= 0.3 is 0 Å². The Morgan fingerprint density at radius 2 is 1.67 bits per heavy atom. The molecule has 0 spiro atoms. The number of methoxy groups -OCH3 is 1. The van der Waals surface area contributed by atoms with Crippen LogP contribution in [0.25, 0.3) is 0 Å². The predicted octanol–water partition coefficient (Wildman–Crippen LogP) is 2.97. The van der Waals surface area contributed by atoms with Crippen LogP contribution in [0.1, 0.15) is 16.8 Å². The number of aromatic amines is 1. The van der Waals surface area contributed by atoms with Crippen LogP contribution in [0.2, 0.25) is 0 Å². The minimum atomic E-state index is -0.236. The van der Waals surface area contributed by atoms with Gasteiger partial charge in [0.1, 0.15) is 5.82 Å². The summed E-state index contributed by atoms with van der Waals surface area (Å²) in [5.74, 6) is 0.336. The summed E-state index contributed by atoms with van der Waals surface area (Å²) in [5, 5.41) is 0. The molecule has 0 radical (unpaired) electrons. The molecule has 0 unspecified atom stereocenters. The van der Waals surface area contributed by atoms with Gasteiger partial charge in [-0.1, -0.05) is 30.3 Å². The van der Waals surface area contributed by atoms with Crippen molar-refractivity contribution >= 4 is 11.6 Å². The van der Waals surface area contributed by atoms with Crippen molar-refractivity contribution in [1.82, 2.24) is 9.97 Å². The molecule has 0 amide bonds. The zero-order chi connectivity index (χ0) is 20.9. The van der Waals surface area contributed by atoms with Gasteiger partial charge in [-0.3, -0.25) is 9.78 Å². The summed E-state index contributed by atoms with van der Waals surface area (Å²) in [6.45, 7) is 3.24. The molecule has 1 aliphatic rings. The van der Waals surface area contributed by atoms with Crippen LogP contribution in [-0.2, 0) is 17.8 Å². The zero-order valence-corrected chi connectivity index (χ0v) is 17.0. The largest absolute Gasteiger partial charge is 0.378 e. The van der Waals surface area contributed by atoms with Gasteiger partial charge < -0.3 is 14.5 Å². The van der Waals surface area contributed by atoms with E-state index in [0.29, 0.717) is 36.7 Å². The number of nitrogens with zero attached hydrogens (tertiary/aromatic N) is 3. The highest BCUT2D eigenvalue weighted by molar-refractivity contribution is 5.48. The third-order valence-corrected chi connectivity index (χ3v) is 5.36. The van der Waals surface area contributed by atoms with Gasteiger partial charge in [0.25, 0.3) is 5.56 Å². The van der Waals surface area contributed by atoms with Crippen molar-refractivity contribution in [2.45, 2.75) is 13.0 Å². The minimum absolute atomic E-state index is 0.128. The van der Waals surface area contributed by atoms with Crippen molar-refractivity contribution in [3.05, 3.63) is 87.6 Å². The van der Waals surface area contributed by atoms with Crippen molar-refractivity contribution in [3.8, 4) is 0 Å². The van der Waals surface area contributed by atoms with Gasteiger partial charge in [-0.25, -0.2) is 9.37 Å². The molecule has 4 rings (SSSR count). The summed E-state index contributed by atoms with van der Waals surface area (Å²) < 4.78 is 18.5. The summed E-state index contributed by atoms with van der Waals surface area (Å²) in [6.07, 6.45) is 0.514. The fourth-order valence-electron chi connectivity index (χ4n) is 3.75. The fourth-order valence-corrected chi connectivity index (χ4v) is 3.75. The Hall–Kier alpha value is -3.19. The SMILES string of the molecule is COCc1nc(N2CCN(c3ccc(F)cc3)CC2)[nH]c(=O)c1Cc1ccccc1. The molecule has 1 N–H and O–H groups in total. The number of aromatic nitrogens is 2. The Kier molecular flexibility index (Phi) is 6.09. The number of ether oxygens (including phenoxy) is 1. The third kappa shape index (κ3) is 4.52. The van der Waals surface area contributed by atoms with Gasteiger partial charge in [0.2, 0.25) is 5.95 Å². The molecule has 0 saturated carbocycles. The molecule has 2 heterocycles. The summed E-state index contributed by atoms with van der Waals surface area (Å²) in [6, 6.07) is 16.4. The molecule has 0 atom stereocenters. The lowest BCUT2D eigenvalue weighted by molar-refractivity contribution is 0.180. The van der Waals surface area contributed by atoms with E-state index in [9.17, 15) is 9.18 Å². The molecular weight excluding hydrogens is 383 g/mol. The highest BCUT2D eigenvalue weighted by Gasteiger charge is 2.21. The van der Waals surface area contributed by atoms with Gasteiger partial charge in [-0.2, -0.15) is 0 Å². The lowest BCUT2D eigenvalue weighted by Crippen LogP contribution is -2.47. The van der Waals surface area contributed by atoms with E-state index in [1.165, 1.54) is 12.1 Å². The Morgan fingerprint density at radius 3 is 2.33 bits per heavy atom. The number of H-pyrrole nitrogens is 1. The van der Waals surface area contributed by atoms with E-state index in [2.05, 4.69) is 14.8 Å². The lowest BCUT2D eigenvalue weighted by Gasteiger charge is -2.36. The number of hydrogen-bond acceptors (Lipinski definition) is 5. The van der Waals surface area contributed by atoms with Crippen LogP contribution >= 0.6 is 0 Å². The number of hydrogen-bond donors (Lipinski definition) is 1. The van der Waals surface area contributed by atoms with Crippen LogP contribution in [0.3, 0.4) is 0 Å². The van der Waals surface area contributed by atoms with Crippen LogP contribution in [0.4, 0.5) is 16.0 Å². The topological polar surface area (TPSA) is 61.5 Å². The monoisotopic (exact) mass is 408 g/mol. The van der Waals surface area contributed by atoms with E-state index in [1.54, 1.807) is 19.2 Å². The first-order chi connectivity index (χ1) is 14.6. The van der Waals surface area contributed by atoms with Crippen molar-refractivity contribution in [3.63, 3.8) is 0 Å². The number of halogens is 1. The van der Waals surface area contributed by atoms with Crippen LogP contribution in [0, 0.1) is 5.82 Å². The van der Waals surface area contributed by atoms with E-state index in [0.717, 1.165) is 24.3 Å². The number of piperazine rings is 1. The molecule has 2 aromatic carbocycles. The summed E-state index contributed by atoms with van der Waals surface area (Å²) in [4.78, 5) is 24.8. The third-order valence-electron chi connectivity index (χ3n) is 5.36. The van der Waals surface area contributed by atoms with Gasteiger partial charge in [0, 0.05) is 51.0 Å². The van der Waals surface area contributed by atoms with E-state index < -0.39 is 0 Å². The molecule has 6 nitrogen and oxygen atoms in total. The Balaban J connectivity index is 1.52. The van der Waals surface area contributed by atoms with Gasteiger partial charge in [0.05, 0.1) is 12.3 Å². The van der Waals surface area contributed by atoms with Crippen LogP contribution in [-0.4, -0.2) is 43.3 Å². The second-order valence-corrected chi connectivity index (χ2v) is 7.36. The smallest absolute Gasteiger partial charge is 0.256 e. The lowest BCUT2D eigenvalue weighted by atomic mass is 10.0. The molecule has 30 heavy (non-hydrogen) atoms. The Bertz CT molecular complexity index is 1030. The summed E-state index contributed by atoms with van der Waals surface area (Å²) >= 11 is 0. The number of benzene rings is 2. The molecular formula is C23H25FN4O2. The van der Waals surface area contributed by atoms with Crippen molar-refractivity contribution in [2.24, 2.45) is 0 Å². The van der Waals surface area contributed by atoms with Crippen molar-refractivity contribution < 1.29 is 9.13 Å². The first-order valence-electron chi connectivity index (χ1n) is 10.0. The molecule has 0 bridgehead atoms. The molecule has 1 aliphatic heterocycles. The number of anilines is 2. The first kappa shape index (κ1) is 20.1. The van der Waals surface area contributed by atoms with Crippen LogP contribution < -0.4 is 15.4 Å². The number of rotatable bonds is 6. The van der Waals surface area contributed by atoms with E-state index >= 15 is 0 Å². The minimum Gasteiger partial charge on any atom is -0.378 e. The van der Waals surface area contributed by atoms with Crippen molar-refractivity contribution in [1.29, 1.82) is 0 Å². The predicted molar refractivity (Wildman–Crippen MR) is 116 cm³/mol. The van der Waals surface area contributed by atoms with Crippen LogP contribution in [0.5, 0.6) is 0 Å². The first-order valence-corrected chi connectivity index (χ1v) is 10.0. The normalized spacial score (nSPS) is 14.2. The Labute approximate surface area is 174 Å². The van der Waals surface area contributed by atoms with Gasteiger partial charge in [0.15, 0.2) is 0 Å². The second-order valence-electron chi connectivity index (χ2n) is 7.36. The Morgan fingerprint density at radius 1 is 1.00 bits per heavy atom. The molecule has 1 fully saturated rings. The van der Waals surface area contributed by atoms with Gasteiger partial charge in [-0.15, -0.1) is 0 Å². The maximum atomic E-state index is 13.2. The van der Waals surface area contributed by atoms with Gasteiger partial charge in [-0.05, 0) is 29.8 Å². The van der Waals surface area contributed by atoms with Crippen molar-refractivity contribution in [2.75, 3.05) is 43.1 Å². The maximum absolute atomic E-state index is 13.2. The maximum Gasteiger partial charge on any atom is 0.256 e. The molecule has 0 aliphatic carbocycles. The molecule has 7 heteroatoms. The van der Waals surface area contributed by atoms with E-state index in [1.807, 2.05) is 30.3 Å². The summed E-state index contributed by atoms with van der Waals surface area (Å²) in [5.41, 5.74) is 3.23. The molecule has 1 aromatic heterocycles. The van der Waals surface area contributed by atoms with E-state index in [-0.39, 0.29) is 18.0 Å². The standard InChI is InChI=1S/C23H25FN4O2/c1-30-16-21-20(15-17-5-3-2-4-6-17)22(29)26-23(25-21)28-13-11-27(12-14-28)19-9-7-18(24)8-10-19/h2-10H,11-16H2,1H3,(H,25,26,29).